The summed E-state index contributed by atoms with van der Waals surface area (Å²) in [6.45, 7) is 0.472. The second-order valence-electron chi connectivity index (χ2n) is 2.82. The SMILES string of the molecule is O=C(CI)NCCCC[C@H](O)CO. The summed E-state index contributed by atoms with van der Waals surface area (Å²) in [5.74, 6) is 0.0447. The lowest BCUT2D eigenvalue weighted by molar-refractivity contribution is -0.118. The van der Waals surface area contributed by atoms with Gasteiger partial charge in [0.1, 0.15) is 0 Å². The number of aliphatic hydroxyl groups excluding tert-OH is 2. The molecule has 0 radical (unpaired) electrons. The second kappa shape index (κ2) is 8.71. The summed E-state index contributed by atoms with van der Waals surface area (Å²) < 4.78 is 0.483. The number of unbranched alkanes of at least 4 members (excludes halogenated alkanes) is 1. The van der Waals surface area contributed by atoms with E-state index in [4.69, 9.17) is 10.2 Å². The molecule has 0 saturated heterocycles. The van der Waals surface area contributed by atoms with Gasteiger partial charge in [-0.1, -0.05) is 22.6 Å². The fourth-order valence-electron chi connectivity index (χ4n) is 0.871. The summed E-state index contributed by atoms with van der Waals surface area (Å²) in [6.07, 6.45) is 1.65. The summed E-state index contributed by atoms with van der Waals surface area (Å²) in [4.78, 5) is 10.8. The Balaban J connectivity index is 3.12. The fraction of sp³-hybridized carbons (Fsp3) is 0.875. The predicted octanol–water partition coefficient (Wildman–Crippen LogP) is 0.0611. The number of carbonyl (C=O) groups excluding carboxylic acids is 1. The molecule has 0 aliphatic carbocycles. The number of halogens is 1. The van der Waals surface area contributed by atoms with Crippen LogP contribution >= 0.6 is 22.6 Å². The van der Waals surface area contributed by atoms with Crippen LogP contribution < -0.4 is 5.32 Å². The summed E-state index contributed by atoms with van der Waals surface area (Å²) in [5, 5.41) is 20.2. The Bertz CT molecular complexity index is 143. The van der Waals surface area contributed by atoms with Gasteiger partial charge < -0.3 is 15.5 Å². The van der Waals surface area contributed by atoms with Crippen molar-refractivity contribution in [3.8, 4) is 0 Å². The molecule has 0 heterocycles. The quantitative estimate of drug-likeness (QED) is 0.354. The average molecular weight is 301 g/mol. The predicted molar refractivity (Wildman–Crippen MR) is 58.8 cm³/mol. The molecule has 1 atom stereocenters. The van der Waals surface area contributed by atoms with E-state index in [1.807, 2.05) is 22.6 Å². The van der Waals surface area contributed by atoms with Crippen LogP contribution in [0, 0.1) is 0 Å². The topological polar surface area (TPSA) is 69.6 Å². The van der Waals surface area contributed by atoms with Crippen LogP contribution in [0.25, 0.3) is 0 Å². The van der Waals surface area contributed by atoms with Crippen LogP contribution in [-0.4, -0.2) is 39.8 Å². The molecule has 0 saturated carbocycles. The van der Waals surface area contributed by atoms with Crippen molar-refractivity contribution < 1.29 is 15.0 Å². The summed E-state index contributed by atoms with van der Waals surface area (Å²) in [6, 6.07) is 0. The van der Waals surface area contributed by atoms with Crippen LogP contribution in [-0.2, 0) is 4.79 Å². The zero-order valence-corrected chi connectivity index (χ0v) is 9.66. The van der Waals surface area contributed by atoms with Gasteiger partial charge in [0.05, 0.1) is 17.1 Å². The van der Waals surface area contributed by atoms with Gasteiger partial charge in [-0.15, -0.1) is 0 Å². The van der Waals surface area contributed by atoms with Crippen molar-refractivity contribution in [2.75, 3.05) is 17.6 Å². The maximum atomic E-state index is 10.8. The molecule has 0 rings (SSSR count). The van der Waals surface area contributed by atoms with E-state index in [-0.39, 0.29) is 12.5 Å². The lowest BCUT2D eigenvalue weighted by Gasteiger charge is -2.06. The van der Waals surface area contributed by atoms with Crippen molar-refractivity contribution in [2.24, 2.45) is 0 Å². The number of hydrogen-bond acceptors (Lipinski definition) is 3. The molecule has 1 amide bonds. The Morgan fingerprint density at radius 1 is 1.46 bits per heavy atom. The summed E-state index contributed by atoms with van der Waals surface area (Å²) in [5.41, 5.74) is 0. The van der Waals surface area contributed by atoms with Gasteiger partial charge in [0.2, 0.25) is 5.91 Å². The Hall–Kier alpha value is 0.120. The number of hydrogen-bond donors (Lipinski definition) is 3. The molecular weight excluding hydrogens is 285 g/mol. The molecule has 0 unspecified atom stereocenters. The van der Waals surface area contributed by atoms with E-state index in [1.54, 1.807) is 0 Å². The molecule has 0 aliphatic heterocycles. The molecule has 0 spiro atoms. The Labute approximate surface area is 91.9 Å². The lowest BCUT2D eigenvalue weighted by Crippen LogP contribution is -2.25. The highest BCUT2D eigenvalue weighted by atomic mass is 127. The first-order valence-corrected chi connectivity index (χ1v) is 5.84. The van der Waals surface area contributed by atoms with E-state index in [1.165, 1.54) is 0 Å². The molecule has 78 valence electrons. The van der Waals surface area contributed by atoms with Crippen molar-refractivity contribution in [1.29, 1.82) is 0 Å². The largest absolute Gasteiger partial charge is 0.394 e. The Morgan fingerprint density at radius 2 is 2.15 bits per heavy atom. The molecule has 0 aromatic carbocycles. The van der Waals surface area contributed by atoms with E-state index in [9.17, 15) is 4.79 Å². The van der Waals surface area contributed by atoms with Gasteiger partial charge in [0, 0.05) is 6.54 Å². The molecule has 0 fully saturated rings. The smallest absolute Gasteiger partial charge is 0.229 e. The minimum Gasteiger partial charge on any atom is -0.394 e. The maximum absolute atomic E-state index is 10.8. The van der Waals surface area contributed by atoms with E-state index in [0.717, 1.165) is 12.8 Å². The molecule has 13 heavy (non-hydrogen) atoms. The van der Waals surface area contributed by atoms with Crippen LogP contribution in [0.4, 0.5) is 0 Å². The highest BCUT2D eigenvalue weighted by Gasteiger charge is 2.01. The normalized spacial score (nSPS) is 12.5. The number of alkyl halides is 1. The van der Waals surface area contributed by atoms with Gasteiger partial charge in [0.15, 0.2) is 0 Å². The van der Waals surface area contributed by atoms with Crippen LogP contribution in [0.2, 0.25) is 0 Å². The zero-order valence-electron chi connectivity index (χ0n) is 7.50. The third-order valence-corrected chi connectivity index (χ3v) is 2.31. The van der Waals surface area contributed by atoms with Gasteiger partial charge in [-0.05, 0) is 19.3 Å². The minimum atomic E-state index is -0.611. The summed E-state index contributed by atoms with van der Waals surface area (Å²) >= 11 is 2.01. The lowest BCUT2D eigenvalue weighted by atomic mass is 10.1. The fourth-order valence-corrected chi connectivity index (χ4v) is 1.14. The van der Waals surface area contributed by atoms with Crippen molar-refractivity contribution in [3.63, 3.8) is 0 Å². The molecule has 4 nitrogen and oxygen atoms in total. The van der Waals surface area contributed by atoms with Crippen molar-refractivity contribution in [3.05, 3.63) is 0 Å². The van der Waals surface area contributed by atoms with Gasteiger partial charge in [-0.25, -0.2) is 0 Å². The van der Waals surface area contributed by atoms with Gasteiger partial charge in [0.25, 0.3) is 0 Å². The molecular formula is C8H16INO3. The van der Waals surface area contributed by atoms with E-state index in [2.05, 4.69) is 5.32 Å². The van der Waals surface area contributed by atoms with Crippen LogP contribution in [0.1, 0.15) is 19.3 Å². The molecule has 0 bridgehead atoms. The van der Waals surface area contributed by atoms with Crippen LogP contribution in [0.15, 0.2) is 0 Å². The standard InChI is InChI=1S/C8H16INO3/c9-5-8(13)10-4-2-1-3-7(12)6-11/h7,11-12H,1-6H2,(H,10,13)/t7-/m0/s1. The number of carbonyl (C=O) groups is 1. The molecule has 0 aliphatic rings. The van der Waals surface area contributed by atoms with Crippen molar-refractivity contribution in [1.82, 2.24) is 5.32 Å². The number of aliphatic hydroxyl groups is 2. The third kappa shape index (κ3) is 8.45. The first kappa shape index (κ1) is 13.1. The number of amides is 1. The van der Waals surface area contributed by atoms with E-state index >= 15 is 0 Å². The third-order valence-electron chi connectivity index (χ3n) is 1.62. The zero-order chi connectivity index (χ0) is 10.1. The van der Waals surface area contributed by atoms with Gasteiger partial charge >= 0.3 is 0 Å². The Kier molecular flexibility index (Phi) is 8.79. The van der Waals surface area contributed by atoms with E-state index < -0.39 is 6.10 Å². The average Bonchev–Trinajstić information content (AvgIpc) is 2.16. The monoisotopic (exact) mass is 301 g/mol. The van der Waals surface area contributed by atoms with Gasteiger partial charge in [-0.2, -0.15) is 0 Å². The summed E-state index contributed by atoms with van der Waals surface area (Å²) in [7, 11) is 0. The van der Waals surface area contributed by atoms with Crippen molar-refractivity contribution in [2.45, 2.75) is 25.4 Å². The molecule has 3 N–H and O–H groups in total. The highest BCUT2D eigenvalue weighted by Crippen LogP contribution is 1.98. The second-order valence-corrected chi connectivity index (χ2v) is 3.58. The van der Waals surface area contributed by atoms with E-state index in [0.29, 0.717) is 17.4 Å². The molecule has 0 aromatic rings. The van der Waals surface area contributed by atoms with Crippen LogP contribution in [0.5, 0.6) is 0 Å². The first-order valence-electron chi connectivity index (χ1n) is 4.32. The first-order chi connectivity index (χ1) is 6.20. The number of nitrogens with one attached hydrogen (secondary N) is 1. The molecule has 5 heteroatoms. The highest BCUT2D eigenvalue weighted by molar-refractivity contribution is 14.1. The number of rotatable bonds is 7. The maximum Gasteiger partial charge on any atom is 0.229 e. The minimum absolute atomic E-state index is 0.0447. The van der Waals surface area contributed by atoms with Crippen LogP contribution in [0.3, 0.4) is 0 Å². The van der Waals surface area contributed by atoms with Crippen molar-refractivity contribution >= 4 is 28.5 Å². The van der Waals surface area contributed by atoms with Gasteiger partial charge in [-0.3, -0.25) is 4.79 Å². The molecule has 0 aromatic heterocycles. The Morgan fingerprint density at radius 3 is 2.69 bits per heavy atom.